The molecule has 12 heteroatoms. The van der Waals surface area contributed by atoms with Gasteiger partial charge < -0.3 is 19.0 Å². The Hall–Kier alpha value is -1.85. The molecule has 36 heavy (non-hydrogen) atoms. The number of nitrogens with zero attached hydrogens (tertiary/aromatic N) is 3. The molecule has 0 amide bonds. The van der Waals surface area contributed by atoms with Crippen molar-refractivity contribution < 1.29 is 19.0 Å². The van der Waals surface area contributed by atoms with E-state index in [2.05, 4.69) is 32.8 Å². The van der Waals surface area contributed by atoms with E-state index < -0.39 is 0 Å². The summed E-state index contributed by atoms with van der Waals surface area (Å²) in [6.07, 6.45) is 3.65. The van der Waals surface area contributed by atoms with Gasteiger partial charge in [-0.05, 0) is 59.9 Å². The third-order valence-corrected chi connectivity index (χ3v) is 6.17. The number of aromatic nitrogens is 2. The van der Waals surface area contributed by atoms with Crippen LogP contribution in [-0.4, -0.2) is 35.8 Å². The summed E-state index contributed by atoms with van der Waals surface area (Å²) in [5, 5.41) is 9.11. The number of halogens is 5. The summed E-state index contributed by atoms with van der Waals surface area (Å²) in [4.78, 5) is 5.39. The molecule has 1 heterocycles. The van der Waals surface area contributed by atoms with Gasteiger partial charge in [-0.1, -0.05) is 51.6 Å². The van der Waals surface area contributed by atoms with Crippen LogP contribution in [-0.2, 0) is 11.9 Å². The van der Waals surface area contributed by atoms with E-state index in [1.54, 1.807) is 23.0 Å². The van der Waals surface area contributed by atoms with Gasteiger partial charge in [0.15, 0.2) is 5.75 Å². The number of rotatable bonds is 12. The molecule has 0 saturated heterocycles. The number of oxime groups is 1. The van der Waals surface area contributed by atoms with Gasteiger partial charge in [0, 0.05) is 29.2 Å². The number of ether oxygens (including phenoxy) is 3. The smallest absolute Gasteiger partial charge is 0.226 e. The molecule has 0 spiro atoms. The van der Waals surface area contributed by atoms with Crippen molar-refractivity contribution in [2.24, 2.45) is 12.2 Å². The van der Waals surface area contributed by atoms with E-state index in [0.29, 0.717) is 52.8 Å². The summed E-state index contributed by atoms with van der Waals surface area (Å²) in [7, 11) is 1.81. The molecule has 2 aromatic carbocycles. The quantitative estimate of drug-likeness (QED) is 0.0839. The molecule has 0 saturated carbocycles. The largest absolute Gasteiger partial charge is 0.490 e. The molecule has 0 aliphatic carbocycles. The van der Waals surface area contributed by atoms with E-state index in [1.165, 1.54) is 6.08 Å². The molecule has 0 aliphatic heterocycles. The zero-order valence-electron chi connectivity index (χ0n) is 19.3. The Balaban J connectivity index is 1.48. The molecule has 192 valence electrons. The zero-order chi connectivity index (χ0) is 26.1. The number of hydrogen-bond donors (Lipinski definition) is 0. The Kier molecular flexibility index (Phi) is 11.3. The van der Waals surface area contributed by atoms with E-state index in [4.69, 9.17) is 65.5 Å². The molecule has 0 fully saturated rings. The lowest BCUT2D eigenvalue weighted by molar-refractivity contribution is 0.129. The molecule has 0 N–H and O–H groups in total. The zero-order valence-corrected chi connectivity index (χ0v) is 24.5. The van der Waals surface area contributed by atoms with Crippen LogP contribution in [0, 0.1) is 10.5 Å². The molecular formula is C24H22Cl4IN3O4. The minimum Gasteiger partial charge on any atom is -0.490 e. The summed E-state index contributed by atoms with van der Waals surface area (Å²) in [5.74, 6) is 2.11. The molecule has 0 atom stereocenters. The van der Waals surface area contributed by atoms with Crippen LogP contribution in [0.3, 0.4) is 0 Å². The molecule has 7 nitrogen and oxygen atoms in total. The van der Waals surface area contributed by atoms with Crippen molar-refractivity contribution in [2.75, 3.05) is 19.8 Å². The fourth-order valence-electron chi connectivity index (χ4n) is 2.94. The maximum absolute atomic E-state index is 6.27. The SMILES string of the molecule is Cc1nn(C)c(Oc2ccc(I)cc2)c1/C=N/OCCCOc1c(Cl)cc(OCC=C(Cl)Cl)cc1Cl. The Labute approximate surface area is 243 Å². The van der Waals surface area contributed by atoms with Gasteiger partial charge in [-0.2, -0.15) is 5.10 Å². The van der Waals surface area contributed by atoms with Gasteiger partial charge in [0.05, 0.1) is 34.1 Å². The van der Waals surface area contributed by atoms with Crippen molar-refractivity contribution in [1.82, 2.24) is 9.78 Å². The highest BCUT2D eigenvalue weighted by Gasteiger charge is 2.14. The molecular weight excluding hydrogens is 663 g/mol. The van der Waals surface area contributed by atoms with Crippen LogP contribution in [0.5, 0.6) is 23.1 Å². The molecule has 0 unspecified atom stereocenters. The van der Waals surface area contributed by atoms with Crippen LogP contribution in [0.4, 0.5) is 0 Å². The first-order valence-corrected chi connectivity index (χ1v) is 13.2. The van der Waals surface area contributed by atoms with Crippen LogP contribution in [0.1, 0.15) is 17.7 Å². The maximum atomic E-state index is 6.27. The maximum Gasteiger partial charge on any atom is 0.226 e. The fraction of sp³-hybridized carbons (Fsp3) is 0.250. The highest BCUT2D eigenvalue weighted by Crippen LogP contribution is 2.37. The molecule has 1 aromatic heterocycles. The second-order valence-electron chi connectivity index (χ2n) is 7.27. The van der Waals surface area contributed by atoms with E-state index in [9.17, 15) is 0 Å². The first kappa shape index (κ1) is 28.7. The standard InChI is InChI=1S/C24H22Cl4IN3O4/c1-15-19(24(32(2)31-15)36-17-6-4-16(29)5-7-17)14-30-35-10-3-9-34-23-20(25)12-18(13-21(23)26)33-11-8-22(27)28/h4-8,12-14H,3,9-11H2,1-2H3/b30-14+. The minimum absolute atomic E-state index is 0.116. The fourth-order valence-corrected chi connectivity index (χ4v) is 4.00. The van der Waals surface area contributed by atoms with Crippen molar-refractivity contribution in [3.8, 4) is 23.1 Å². The minimum atomic E-state index is 0.116. The predicted octanol–water partition coefficient (Wildman–Crippen LogP) is 7.95. The first-order chi connectivity index (χ1) is 17.2. The highest BCUT2D eigenvalue weighted by molar-refractivity contribution is 14.1. The van der Waals surface area contributed by atoms with Crippen molar-refractivity contribution in [1.29, 1.82) is 0 Å². The van der Waals surface area contributed by atoms with Crippen LogP contribution in [0.2, 0.25) is 10.0 Å². The lowest BCUT2D eigenvalue weighted by Crippen LogP contribution is -2.03. The van der Waals surface area contributed by atoms with E-state index in [-0.39, 0.29) is 11.1 Å². The van der Waals surface area contributed by atoms with Gasteiger partial charge in [0.1, 0.15) is 29.2 Å². The van der Waals surface area contributed by atoms with Gasteiger partial charge in [-0.25, -0.2) is 4.68 Å². The van der Waals surface area contributed by atoms with E-state index in [0.717, 1.165) is 14.8 Å². The molecule has 0 bridgehead atoms. The van der Waals surface area contributed by atoms with Crippen molar-refractivity contribution in [3.63, 3.8) is 0 Å². The Morgan fingerprint density at radius 1 is 1.06 bits per heavy atom. The van der Waals surface area contributed by atoms with Crippen molar-refractivity contribution in [2.45, 2.75) is 13.3 Å². The number of hydrogen-bond acceptors (Lipinski definition) is 6. The first-order valence-electron chi connectivity index (χ1n) is 10.6. The highest BCUT2D eigenvalue weighted by atomic mass is 127. The number of benzene rings is 2. The van der Waals surface area contributed by atoms with Crippen LogP contribution in [0.15, 0.2) is 52.1 Å². The third-order valence-electron chi connectivity index (χ3n) is 4.58. The van der Waals surface area contributed by atoms with E-state index in [1.807, 2.05) is 38.2 Å². The Morgan fingerprint density at radius 2 is 1.75 bits per heavy atom. The third kappa shape index (κ3) is 8.62. The molecule has 0 radical (unpaired) electrons. The monoisotopic (exact) mass is 683 g/mol. The average molecular weight is 685 g/mol. The van der Waals surface area contributed by atoms with Gasteiger partial charge in [-0.15, -0.1) is 0 Å². The van der Waals surface area contributed by atoms with Crippen LogP contribution < -0.4 is 14.2 Å². The number of aryl methyl sites for hydroxylation is 2. The van der Waals surface area contributed by atoms with Gasteiger partial charge in [-0.3, -0.25) is 0 Å². The summed E-state index contributed by atoms with van der Waals surface area (Å²) in [6, 6.07) is 10.9. The van der Waals surface area contributed by atoms with Crippen molar-refractivity contribution >= 4 is 75.2 Å². The second-order valence-corrected chi connectivity index (χ2v) is 10.3. The molecule has 3 aromatic rings. The predicted molar refractivity (Wildman–Crippen MR) is 153 cm³/mol. The van der Waals surface area contributed by atoms with Gasteiger partial charge in [0.2, 0.25) is 5.88 Å². The summed E-state index contributed by atoms with van der Waals surface area (Å²) < 4.78 is 20.1. The summed E-state index contributed by atoms with van der Waals surface area (Å²) in [5.41, 5.74) is 1.50. The molecule has 0 aliphatic rings. The Bertz CT molecular complexity index is 1210. The Morgan fingerprint density at radius 3 is 2.42 bits per heavy atom. The normalized spacial score (nSPS) is 11.0. The van der Waals surface area contributed by atoms with Gasteiger partial charge >= 0.3 is 0 Å². The summed E-state index contributed by atoms with van der Waals surface area (Å²) in [6.45, 7) is 2.71. The topological polar surface area (TPSA) is 67.1 Å². The van der Waals surface area contributed by atoms with Crippen molar-refractivity contribution in [3.05, 3.63) is 71.8 Å². The van der Waals surface area contributed by atoms with E-state index >= 15 is 0 Å². The second kappa shape index (κ2) is 14.2. The van der Waals surface area contributed by atoms with Crippen LogP contribution >= 0.6 is 69.0 Å². The molecule has 3 rings (SSSR count). The summed E-state index contributed by atoms with van der Waals surface area (Å²) >= 11 is 25.9. The van der Waals surface area contributed by atoms with Crippen LogP contribution in [0.25, 0.3) is 0 Å². The lowest BCUT2D eigenvalue weighted by Gasteiger charge is -2.12. The lowest BCUT2D eigenvalue weighted by atomic mass is 10.3. The average Bonchev–Trinajstić information content (AvgIpc) is 3.08. The van der Waals surface area contributed by atoms with Gasteiger partial charge in [0.25, 0.3) is 0 Å².